The molecule has 206 valence electrons. The molecule has 0 saturated carbocycles. The minimum atomic E-state index is -0.409. The second-order valence-electron chi connectivity index (χ2n) is 10.6. The Labute approximate surface area is 239 Å². The van der Waals surface area contributed by atoms with Crippen LogP contribution in [0.3, 0.4) is 0 Å². The van der Waals surface area contributed by atoms with Crippen molar-refractivity contribution < 1.29 is 23.8 Å². The monoisotopic (exact) mass is 593 g/mol. The van der Waals surface area contributed by atoms with Crippen LogP contribution in [0.1, 0.15) is 66.7 Å². The average molecular weight is 595 g/mol. The van der Waals surface area contributed by atoms with Crippen LogP contribution in [-0.2, 0) is 20.9 Å². The van der Waals surface area contributed by atoms with Gasteiger partial charge in [0.25, 0.3) is 0 Å². The first-order valence-corrected chi connectivity index (χ1v) is 14.5. The number of allylic oxidation sites excluding steroid dienone is 4. The van der Waals surface area contributed by atoms with E-state index in [4.69, 9.17) is 14.2 Å². The fourth-order valence-corrected chi connectivity index (χ4v) is 6.67. The number of halogens is 1. The summed E-state index contributed by atoms with van der Waals surface area (Å²) in [6.45, 7) is 5.76. The molecule has 3 aliphatic rings. The molecule has 6 nitrogen and oxygen atoms in total. The van der Waals surface area contributed by atoms with E-state index in [1.54, 1.807) is 14.2 Å². The van der Waals surface area contributed by atoms with Crippen molar-refractivity contribution in [3.05, 3.63) is 79.6 Å². The Morgan fingerprint density at radius 3 is 2.15 bits per heavy atom. The molecule has 1 heterocycles. The van der Waals surface area contributed by atoms with Crippen LogP contribution in [-0.4, -0.2) is 43.8 Å². The van der Waals surface area contributed by atoms with Crippen LogP contribution in [0.5, 0.6) is 11.5 Å². The minimum absolute atomic E-state index is 0.124. The standard InChI is InChI=1S/C32H36BrNO5/c1-19-11-12-21(15-20(19)2)18-39-32-23(33)16-22(17-28(32)38-4)29-30-24(7-5-9-26(30)35)34(13-14-37-3)25-8-6-10-27(36)31(25)29/h11-12,15-17,29H,5-10,13-14,18H2,1-4H3. The summed E-state index contributed by atoms with van der Waals surface area (Å²) in [5, 5.41) is 0. The molecule has 0 spiro atoms. The number of aryl methyl sites for hydroxylation is 2. The third-order valence-corrected chi connectivity index (χ3v) is 8.73. The van der Waals surface area contributed by atoms with Gasteiger partial charge in [-0.05, 0) is 89.8 Å². The largest absolute Gasteiger partial charge is 0.493 e. The van der Waals surface area contributed by atoms with Crippen molar-refractivity contribution in [1.29, 1.82) is 0 Å². The fraction of sp³-hybridized carbons (Fsp3) is 0.438. The lowest BCUT2D eigenvalue weighted by Gasteiger charge is -2.44. The number of carbonyl (C=O) groups excluding carboxylic acids is 2. The summed E-state index contributed by atoms with van der Waals surface area (Å²) in [6, 6.07) is 10.2. The Kier molecular flexibility index (Phi) is 8.29. The van der Waals surface area contributed by atoms with Gasteiger partial charge in [-0.1, -0.05) is 18.2 Å². The van der Waals surface area contributed by atoms with Crippen LogP contribution in [0.25, 0.3) is 0 Å². The van der Waals surface area contributed by atoms with Gasteiger partial charge in [-0.25, -0.2) is 0 Å². The summed E-state index contributed by atoms with van der Waals surface area (Å²) >= 11 is 3.72. The topological polar surface area (TPSA) is 65.1 Å². The van der Waals surface area contributed by atoms with Gasteiger partial charge in [0, 0.05) is 55.0 Å². The highest BCUT2D eigenvalue weighted by atomic mass is 79.9. The molecule has 0 atom stereocenters. The summed E-state index contributed by atoms with van der Waals surface area (Å²) in [5.41, 5.74) is 8.01. The smallest absolute Gasteiger partial charge is 0.175 e. The van der Waals surface area contributed by atoms with E-state index in [1.165, 1.54) is 11.1 Å². The van der Waals surface area contributed by atoms with Gasteiger partial charge in [0.05, 0.1) is 18.2 Å². The third-order valence-electron chi connectivity index (χ3n) is 8.15. The highest BCUT2D eigenvalue weighted by Gasteiger charge is 2.43. The lowest BCUT2D eigenvalue weighted by molar-refractivity contribution is -0.117. The fourth-order valence-electron chi connectivity index (χ4n) is 6.10. The minimum Gasteiger partial charge on any atom is -0.493 e. The van der Waals surface area contributed by atoms with E-state index in [2.05, 4.69) is 52.9 Å². The van der Waals surface area contributed by atoms with Crippen LogP contribution >= 0.6 is 15.9 Å². The molecule has 2 aromatic carbocycles. The second-order valence-corrected chi connectivity index (χ2v) is 11.4. The van der Waals surface area contributed by atoms with Crippen LogP contribution < -0.4 is 9.47 Å². The van der Waals surface area contributed by atoms with Gasteiger partial charge in [-0.15, -0.1) is 0 Å². The van der Waals surface area contributed by atoms with Gasteiger partial charge < -0.3 is 19.1 Å². The van der Waals surface area contributed by atoms with Crippen LogP contribution in [0.4, 0.5) is 0 Å². The number of hydrogen-bond acceptors (Lipinski definition) is 6. The highest BCUT2D eigenvalue weighted by molar-refractivity contribution is 9.10. The molecule has 7 heteroatoms. The summed E-state index contributed by atoms with van der Waals surface area (Å²) in [4.78, 5) is 29.2. The number of methoxy groups -OCH3 is 2. The molecule has 2 aromatic rings. The Bertz CT molecular complexity index is 1330. The SMILES string of the molecule is COCCN1C2=C(C(=O)CCC2)C(c2cc(Br)c(OCc3ccc(C)c(C)c3)c(OC)c2)C2=C1CCCC2=O. The van der Waals surface area contributed by atoms with Crippen LogP contribution in [0.15, 0.2) is 57.3 Å². The number of nitrogens with zero attached hydrogens (tertiary/aromatic N) is 1. The van der Waals surface area contributed by atoms with Gasteiger partial charge in [0.15, 0.2) is 23.1 Å². The maximum Gasteiger partial charge on any atom is 0.175 e. The number of Topliss-reactive ketones (excluding diaryl/α,β-unsaturated/α-hetero) is 2. The predicted octanol–water partition coefficient (Wildman–Crippen LogP) is 6.71. The zero-order valence-corrected chi connectivity index (χ0v) is 24.8. The van der Waals surface area contributed by atoms with Crippen molar-refractivity contribution in [2.45, 2.75) is 64.9 Å². The van der Waals surface area contributed by atoms with E-state index in [-0.39, 0.29) is 11.6 Å². The lowest BCUT2D eigenvalue weighted by atomic mass is 9.71. The zero-order chi connectivity index (χ0) is 27.7. The molecule has 5 rings (SSSR count). The van der Waals surface area contributed by atoms with E-state index >= 15 is 0 Å². The van der Waals surface area contributed by atoms with Gasteiger partial charge in [0.1, 0.15) is 6.61 Å². The molecule has 0 saturated heterocycles. The van der Waals surface area contributed by atoms with E-state index in [1.807, 2.05) is 12.1 Å². The van der Waals surface area contributed by atoms with Crippen molar-refractivity contribution in [3.8, 4) is 11.5 Å². The summed E-state index contributed by atoms with van der Waals surface area (Å²) in [5.74, 6) is 1.01. The normalized spacial score (nSPS) is 17.9. The van der Waals surface area contributed by atoms with Crippen molar-refractivity contribution in [1.82, 2.24) is 4.90 Å². The Balaban J connectivity index is 1.57. The van der Waals surface area contributed by atoms with Crippen molar-refractivity contribution in [3.63, 3.8) is 0 Å². The molecular formula is C32H36BrNO5. The lowest BCUT2D eigenvalue weighted by Crippen LogP contribution is -2.40. The molecule has 0 aromatic heterocycles. The molecule has 1 aliphatic heterocycles. The number of ketones is 2. The third kappa shape index (κ3) is 5.31. The highest BCUT2D eigenvalue weighted by Crippen LogP contribution is 2.51. The molecule has 0 N–H and O–H groups in total. The van der Waals surface area contributed by atoms with E-state index in [9.17, 15) is 9.59 Å². The molecule has 0 amide bonds. The van der Waals surface area contributed by atoms with Crippen LogP contribution in [0, 0.1) is 13.8 Å². The number of benzene rings is 2. The molecule has 0 unspecified atom stereocenters. The quantitative estimate of drug-likeness (QED) is 0.339. The maximum absolute atomic E-state index is 13.5. The first-order valence-electron chi connectivity index (χ1n) is 13.7. The number of rotatable bonds is 8. The summed E-state index contributed by atoms with van der Waals surface area (Å²) in [7, 11) is 3.30. The number of hydrogen-bond donors (Lipinski definition) is 0. The van der Waals surface area contributed by atoms with Gasteiger partial charge in [-0.3, -0.25) is 9.59 Å². The molecular weight excluding hydrogens is 558 g/mol. The first kappa shape index (κ1) is 27.7. The zero-order valence-electron chi connectivity index (χ0n) is 23.2. The van der Waals surface area contributed by atoms with E-state index in [0.717, 1.165) is 63.8 Å². The van der Waals surface area contributed by atoms with E-state index < -0.39 is 5.92 Å². The maximum atomic E-state index is 13.5. The first-order chi connectivity index (χ1) is 18.8. The van der Waals surface area contributed by atoms with E-state index in [0.29, 0.717) is 44.1 Å². The summed E-state index contributed by atoms with van der Waals surface area (Å²) < 4.78 is 18.2. The summed E-state index contributed by atoms with van der Waals surface area (Å²) in [6.07, 6.45) is 4.29. The predicted molar refractivity (Wildman–Crippen MR) is 154 cm³/mol. The van der Waals surface area contributed by atoms with Crippen LogP contribution in [0.2, 0.25) is 0 Å². The average Bonchev–Trinajstić information content (AvgIpc) is 2.92. The van der Waals surface area contributed by atoms with Crippen molar-refractivity contribution >= 4 is 27.5 Å². The number of carbonyl (C=O) groups is 2. The molecule has 0 fully saturated rings. The number of ether oxygens (including phenoxy) is 3. The molecule has 39 heavy (non-hydrogen) atoms. The van der Waals surface area contributed by atoms with Crippen molar-refractivity contribution in [2.24, 2.45) is 0 Å². The van der Waals surface area contributed by atoms with Crippen molar-refractivity contribution in [2.75, 3.05) is 27.4 Å². The Hall–Kier alpha value is -2.90. The van der Waals surface area contributed by atoms with Gasteiger partial charge in [0.2, 0.25) is 0 Å². The second kappa shape index (κ2) is 11.7. The molecule has 2 aliphatic carbocycles. The molecule has 0 radical (unpaired) electrons. The van der Waals surface area contributed by atoms with Gasteiger partial charge in [-0.2, -0.15) is 0 Å². The molecule has 0 bridgehead atoms. The Morgan fingerprint density at radius 2 is 1.56 bits per heavy atom. The van der Waals surface area contributed by atoms with Gasteiger partial charge >= 0.3 is 0 Å². The Morgan fingerprint density at radius 1 is 0.897 bits per heavy atom.